The van der Waals surface area contributed by atoms with Gasteiger partial charge in [-0.3, -0.25) is 0 Å². The Hall–Kier alpha value is -2.47. The van der Waals surface area contributed by atoms with Crippen molar-refractivity contribution in [2.75, 3.05) is 13.1 Å². The highest BCUT2D eigenvalue weighted by molar-refractivity contribution is 5.68. The second kappa shape index (κ2) is 6.57. The van der Waals surface area contributed by atoms with E-state index in [4.69, 9.17) is 4.74 Å². The first kappa shape index (κ1) is 16.4. The number of benzene rings is 2. The molecular weight excluding hydrogens is 316 g/mol. The number of hydrogen-bond donors (Lipinski definition) is 1. The molecule has 1 saturated heterocycles. The summed E-state index contributed by atoms with van der Waals surface area (Å²) in [6.45, 7) is 0.397. The molecule has 1 amide bonds. The van der Waals surface area contributed by atoms with Crippen molar-refractivity contribution in [2.45, 2.75) is 18.6 Å². The molecule has 0 saturated carbocycles. The topological polar surface area (TPSA) is 49.8 Å². The molecule has 6 heteroatoms. The first-order chi connectivity index (χ1) is 11.5. The van der Waals surface area contributed by atoms with Crippen LogP contribution in [0.3, 0.4) is 0 Å². The summed E-state index contributed by atoms with van der Waals surface area (Å²) in [5.41, 5.74) is -0.291. The van der Waals surface area contributed by atoms with Crippen LogP contribution in [0, 0.1) is 11.6 Å². The fourth-order valence-electron chi connectivity index (χ4n) is 2.78. The summed E-state index contributed by atoms with van der Waals surface area (Å²) in [4.78, 5) is 13.5. The summed E-state index contributed by atoms with van der Waals surface area (Å²) in [5.74, 6) is -1.99. The number of carbonyl (C=O) groups excluding carboxylic acids is 1. The van der Waals surface area contributed by atoms with E-state index in [2.05, 4.69) is 0 Å². The van der Waals surface area contributed by atoms with Gasteiger partial charge < -0.3 is 14.7 Å². The van der Waals surface area contributed by atoms with Gasteiger partial charge in [-0.15, -0.1) is 0 Å². The van der Waals surface area contributed by atoms with Crippen molar-refractivity contribution in [2.24, 2.45) is 0 Å². The molecule has 3 rings (SSSR count). The molecule has 1 aliphatic heterocycles. The Bertz CT molecular complexity index is 738. The van der Waals surface area contributed by atoms with Crippen molar-refractivity contribution in [3.05, 3.63) is 71.3 Å². The Labute approximate surface area is 138 Å². The number of ether oxygens (including phenoxy) is 1. The Balaban J connectivity index is 1.63. The standard InChI is InChI=1S/C18H17F2NO3/c19-15-7-6-14(10-16(15)20)18(23)8-9-21(12-18)17(22)24-11-13-4-2-1-3-5-13/h1-7,10,23H,8-9,11-12H2. The lowest BCUT2D eigenvalue weighted by Crippen LogP contribution is -2.34. The van der Waals surface area contributed by atoms with E-state index >= 15 is 0 Å². The van der Waals surface area contributed by atoms with E-state index < -0.39 is 23.3 Å². The maximum absolute atomic E-state index is 13.4. The summed E-state index contributed by atoms with van der Waals surface area (Å²) in [6.07, 6.45) is -0.309. The van der Waals surface area contributed by atoms with Crippen molar-refractivity contribution in [1.29, 1.82) is 0 Å². The van der Waals surface area contributed by atoms with Gasteiger partial charge in [0.05, 0.1) is 6.54 Å². The Morgan fingerprint density at radius 3 is 2.62 bits per heavy atom. The molecule has 0 bridgehead atoms. The van der Waals surface area contributed by atoms with Crippen LogP contribution < -0.4 is 0 Å². The van der Waals surface area contributed by atoms with Crippen molar-refractivity contribution >= 4 is 6.09 Å². The van der Waals surface area contributed by atoms with Gasteiger partial charge in [0.25, 0.3) is 0 Å². The minimum atomic E-state index is -1.40. The summed E-state index contributed by atoms with van der Waals surface area (Å²) >= 11 is 0. The number of hydrogen-bond acceptors (Lipinski definition) is 3. The lowest BCUT2D eigenvalue weighted by atomic mass is 9.93. The first-order valence-corrected chi connectivity index (χ1v) is 7.61. The lowest BCUT2D eigenvalue weighted by molar-refractivity contribution is 0.0404. The second-order valence-corrected chi connectivity index (χ2v) is 5.87. The number of likely N-dealkylation sites (tertiary alicyclic amines) is 1. The van der Waals surface area contributed by atoms with Crippen LogP contribution in [0.4, 0.5) is 13.6 Å². The fourth-order valence-corrected chi connectivity index (χ4v) is 2.78. The van der Waals surface area contributed by atoms with Crippen LogP contribution in [-0.2, 0) is 16.9 Å². The Kier molecular flexibility index (Phi) is 4.49. The van der Waals surface area contributed by atoms with Crippen LogP contribution in [0.1, 0.15) is 17.5 Å². The maximum atomic E-state index is 13.4. The van der Waals surface area contributed by atoms with Gasteiger partial charge in [0.15, 0.2) is 11.6 Å². The number of halogens is 2. The van der Waals surface area contributed by atoms with E-state index in [0.717, 1.165) is 17.7 Å². The molecule has 1 atom stereocenters. The lowest BCUT2D eigenvalue weighted by Gasteiger charge is -2.23. The van der Waals surface area contributed by atoms with Crippen molar-refractivity contribution in [1.82, 2.24) is 4.90 Å². The first-order valence-electron chi connectivity index (χ1n) is 7.61. The highest BCUT2D eigenvalue weighted by atomic mass is 19.2. The van der Waals surface area contributed by atoms with Gasteiger partial charge in [-0.2, -0.15) is 0 Å². The minimum absolute atomic E-state index is 0.0221. The number of carbonyl (C=O) groups is 1. The summed E-state index contributed by atoms with van der Waals surface area (Å²) in [7, 11) is 0. The predicted molar refractivity (Wildman–Crippen MR) is 83.1 cm³/mol. The van der Waals surface area contributed by atoms with Crippen LogP contribution in [0.5, 0.6) is 0 Å². The number of amides is 1. The molecule has 2 aromatic rings. The molecule has 0 aliphatic carbocycles. The van der Waals surface area contributed by atoms with Gasteiger partial charge in [-0.25, -0.2) is 13.6 Å². The van der Waals surface area contributed by atoms with E-state index in [1.54, 1.807) is 0 Å². The molecular formula is C18H17F2NO3. The van der Waals surface area contributed by atoms with Crippen molar-refractivity contribution in [3.8, 4) is 0 Å². The zero-order valence-electron chi connectivity index (χ0n) is 12.9. The second-order valence-electron chi connectivity index (χ2n) is 5.87. The molecule has 1 fully saturated rings. The van der Waals surface area contributed by atoms with E-state index in [0.29, 0.717) is 0 Å². The Morgan fingerprint density at radius 1 is 1.17 bits per heavy atom. The van der Waals surface area contributed by atoms with Gasteiger partial charge in [-0.1, -0.05) is 36.4 Å². The molecule has 4 nitrogen and oxygen atoms in total. The normalized spacial score (nSPS) is 20.2. The number of rotatable bonds is 3. The molecule has 1 N–H and O–H groups in total. The zero-order chi connectivity index (χ0) is 17.2. The molecule has 126 valence electrons. The molecule has 0 aromatic heterocycles. The monoisotopic (exact) mass is 333 g/mol. The van der Waals surface area contributed by atoms with Crippen LogP contribution in [0.2, 0.25) is 0 Å². The summed E-state index contributed by atoms with van der Waals surface area (Å²) in [5, 5.41) is 10.6. The molecule has 0 spiro atoms. The molecule has 2 aromatic carbocycles. The Morgan fingerprint density at radius 2 is 1.92 bits per heavy atom. The average molecular weight is 333 g/mol. The van der Waals surface area contributed by atoms with Gasteiger partial charge in [-0.05, 0) is 29.7 Å². The number of β-amino-alcohol motifs (C(OH)–C–C–N with tert-alkyl or cyclic N) is 1. The number of aliphatic hydroxyl groups is 1. The quantitative estimate of drug-likeness (QED) is 0.938. The van der Waals surface area contributed by atoms with E-state index in [1.807, 2.05) is 30.3 Å². The maximum Gasteiger partial charge on any atom is 0.410 e. The SMILES string of the molecule is O=C(OCc1ccccc1)N1CCC(O)(c2ccc(F)c(F)c2)C1. The zero-order valence-corrected chi connectivity index (χ0v) is 12.9. The van der Waals surface area contributed by atoms with Gasteiger partial charge in [0.1, 0.15) is 12.2 Å². The highest BCUT2D eigenvalue weighted by Gasteiger charge is 2.40. The summed E-state index contributed by atoms with van der Waals surface area (Å²) in [6, 6.07) is 12.5. The third-order valence-electron chi connectivity index (χ3n) is 4.17. The third-order valence-corrected chi connectivity index (χ3v) is 4.17. The van der Waals surface area contributed by atoms with Crippen molar-refractivity contribution in [3.63, 3.8) is 0 Å². The molecule has 1 aliphatic rings. The largest absolute Gasteiger partial charge is 0.445 e. The van der Waals surface area contributed by atoms with E-state index in [9.17, 15) is 18.7 Å². The summed E-state index contributed by atoms with van der Waals surface area (Å²) < 4.78 is 31.6. The number of nitrogens with zero attached hydrogens (tertiary/aromatic N) is 1. The van der Waals surface area contributed by atoms with Crippen LogP contribution >= 0.6 is 0 Å². The van der Waals surface area contributed by atoms with Crippen molar-refractivity contribution < 1.29 is 23.4 Å². The average Bonchev–Trinajstić information content (AvgIpc) is 3.00. The minimum Gasteiger partial charge on any atom is -0.445 e. The van der Waals surface area contributed by atoms with Gasteiger partial charge in [0, 0.05) is 6.54 Å². The van der Waals surface area contributed by atoms with Crippen LogP contribution in [-0.4, -0.2) is 29.2 Å². The third kappa shape index (κ3) is 3.38. The molecule has 1 unspecified atom stereocenters. The van der Waals surface area contributed by atoms with Crippen LogP contribution in [0.15, 0.2) is 48.5 Å². The predicted octanol–water partition coefficient (Wildman–Crippen LogP) is 3.19. The smallest absolute Gasteiger partial charge is 0.410 e. The van der Waals surface area contributed by atoms with Gasteiger partial charge >= 0.3 is 6.09 Å². The van der Waals surface area contributed by atoms with Crippen LogP contribution in [0.25, 0.3) is 0 Å². The fraction of sp³-hybridized carbons (Fsp3) is 0.278. The molecule has 0 radical (unpaired) electrons. The molecule has 24 heavy (non-hydrogen) atoms. The van der Waals surface area contributed by atoms with E-state index in [-0.39, 0.29) is 31.7 Å². The van der Waals surface area contributed by atoms with E-state index in [1.165, 1.54) is 11.0 Å². The van der Waals surface area contributed by atoms with Gasteiger partial charge in [0.2, 0.25) is 0 Å². The molecule has 1 heterocycles. The highest BCUT2D eigenvalue weighted by Crippen LogP contribution is 2.33.